The van der Waals surface area contributed by atoms with Crippen molar-refractivity contribution in [3.63, 3.8) is 0 Å². The fourth-order valence-electron chi connectivity index (χ4n) is 2.71. The van der Waals surface area contributed by atoms with Gasteiger partial charge in [0.25, 0.3) is 0 Å². The van der Waals surface area contributed by atoms with Crippen LogP contribution in [0.25, 0.3) is 5.82 Å². The van der Waals surface area contributed by atoms with Crippen molar-refractivity contribution in [2.24, 2.45) is 0 Å². The maximum absolute atomic E-state index is 12.5. The van der Waals surface area contributed by atoms with Gasteiger partial charge in [-0.3, -0.25) is 4.57 Å². The van der Waals surface area contributed by atoms with E-state index in [2.05, 4.69) is 21.6 Å². The summed E-state index contributed by atoms with van der Waals surface area (Å²) in [6.07, 6.45) is 7.17. The van der Waals surface area contributed by atoms with Gasteiger partial charge in [-0.05, 0) is 48.7 Å². The summed E-state index contributed by atoms with van der Waals surface area (Å²) in [5.74, 6) is 1.53. The largest absolute Gasteiger partial charge is 0.288 e. The van der Waals surface area contributed by atoms with E-state index in [1.807, 2.05) is 35.9 Å². The van der Waals surface area contributed by atoms with Gasteiger partial charge in [0.05, 0.1) is 4.90 Å². The molecule has 0 aliphatic heterocycles. The van der Waals surface area contributed by atoms with E-state index >= 15 is 0 Å². The Balaban J connectivity index is 1.73. The van der Waals surface area contributed by atoms with Crippen LogP contribution in [0.1, 0.15) is 30.3 Å². The Hall–Kier alpha value is -2.51. The second kappa shape index (κ2) is 7.80. The van der Waals surface area contributed by atoms with Crippen molar-refractivity contribution in [1.29, 1.82) is 0 Å². The molecule has 0 bridgehead atoms. The second-order valence-electron chi connectivity index (χ2n) is 6.09. The maximum Gasteiger partial charge on any atom is 0.240 e. The molecule has 6 nitrogen and oxygen atoms in total. The summed E-state index contributed by atoms with van der Waals surface area (Å²) >= 11 is 0. The monoisotopic (exact) mass is 370 g/mol. The molecule has 3 aromatic rings. The summed E-state index contributed by atoms with van der Waals surface area (Å²) in [5.41, 5.74) is 1.97. The first-order valence-corrected chi connectivity index (χ1v) is 10.0. The number of aryl methyl sites for hydroxylation is 2. The van der Waals surface area contributed by atoms with Crippen LogP contribution < -0.4 is 4.72 Å². The SMILES string of the molecule is CCCc1ccc(S(=O)(=O)NCc2ccnc(-n3ccnc3C)c2)cc1. The molecule has 2 heterocycles. The zero-order chi connectivity index (χ0) is 18.6. The molecule has 26 heavy (non-hydrogen) atoms. The summed E-state index contributed by atoms with van der Waals surface area (Å²) in [6.45, 7) is 4.18. The van der Waals surface area contributed by atoms with E-state index in [0.717, 1.165) is 29.8 Å². The molecule has 0 spiro atoms. The Kier molecular flexibility index (Phi) is 5.49. The lowest BCUT2D eigenvalue weighted by Gasteiger charge is -2.09. The third-order valence-electron chi connectivity index (χ3n) is 4.12. The van der Waals surface area contributed by atoms with Crippen LogP contribution in [0.2, 0.25) is 0 Å². The second-order valence-corrected chi connectivity index (χ2v) is 7.85. The zero-order valence-electron chi connectivity index (χ0n) is 14.9. The van der Waals surface area contributed by atoms with Gasteiger partial charge in [-0.25, -0.2) is 23.1 Å². The fraction of sp³-hybridized carbons (Fsp3) is 0.263. The summed E-state index contributed by atoms with van der Waals surface area (Å²) in [7, 11) is -3.55. The minimum absolute atomic E-state index is 0.197. The van der Waals surface area contributed by atoms with Gasteiger partial charge >= 0.3 is 0 Å². The van der Waals surface area contributed by atoms with Crippen molar-refractivity contribution in [3.05, 3.63) is 71.9 Å². The van der Waals surface area contributed by atoms with Crippen LogP contribution in [0, 0.1) is 6.92 Å². The number of nitrogens with one attached hydrogen (secondary N) is 1. The highest BCUT2D eigenvalue weighted by atomic mass is 32.2. The predicted octanol–water partition coefficient (Wildman–Crippen LogP) is 3.01. The highest BCUT2D eigenvalue weighted by Crippen LogP contribution is 2.14. The number of nitrogens with zero attached hydrogens (tertiary/aromatic N) is 3. The molecule has 1 aromatic carbocycles. The summed E-state index contributed by atoms with van der Waals surface area (Å²) in [6, 6.07) is 10.7. The van der Waals surface area contributed by atoms with Crippen LogP contribution in [0.15, 0.2) is 59.9 Å². The average Bonchev–Trinajstić information content (AvgIpc) is 3.07. The lowest BCUT2D eigenvalue weighted by atomic mass is 10.1. The minimum atomic E-state index is -3.55. The maximum atomic E-state index is 12.5. The molecule has 3 rings (SSSR count). The number of aromatic nitrogens is 3. The normalized spacial score (nSPS) is 11.6. The Labute approximate surface area is 154 Å². The lowest BCUT2D eigenvalue weighted by Crippen LogP contribution is -2.23. The summed E-state index contributed by atoms with van der Waals surface area (Å²) < 4.78 is 29.5. The molecule has 0 fully saturated rings. The first-order valence-electron chi connectivity index (χ1n) is 8.53. The van der Waals surface area contributed by atoms with Crippen molar-refractivity contribution < 1.29 is 8.42 Å². The van der Waals surface area contributed by atoms with Crippen LogP contribution in [0.4, 0.5) is 0 Å². The molecule has 1 N–H and O–H groups in total. The molecule has 2 aromatic heterocycles. The number of imidazole rings is 1. The van der Waals surface area contributed by atoms with Gasteiger partial charge in [0, 0.05) is 25.1 Å². The highest BCUT2D eigenvalue weighted by Gasteiger charge is 2.14. The molecule has 0 radical (unpaired) electrons. The number of hydrogen-bond acceptors (Lipinski definition) is 4. The third-order valence-corrected chi connectivity index (χ3v) is 5.54. The van der Waals surface area contributed by atoms with E-state index in [-0.39, 0.29) is 11.4 Å². The van der Waals surface area contributed by atoms with E-state index in [9.17, 15) is 8.42 Å². The van der Waals surface area contributed by atoms with Crippen molar-refractivity contribution in [1.82, 2.24) is 19.3 Å². The number of benzene rings is 1. The van der Waals surface area contributed by atoms with Gasteiger partial charge < -0.3 is 0 Å². The van der Waals surface area contributed by atoms with Gasteiger partial charge in [-0.1, -0.05) is 25.5 Å². The van der Waals surface area contributed by atoms with Gasteiger partial charge in [0.15, 0.2) is 0 Å². The molecule has 0 aliphatic rings. The first-order chi connectivity index (χ1) is 12.5. The minimum Gasteiger partial charge on any atom is -0.288 e. The smallest absolute Gasteiger partial charge is 0.240 e. The molecular formula is C19H22N4O2S. The van der Waals surface area contributed by atoms with Gasteiger partial charge in [-0.2, -0.15) is 0 Å². The molecule has 0 unspecified atom stereocenters. The van der Waals surface area contributed by atoms with Gasteiger partial charge in [0.2, 0.25) is 10.0 Å². The standard InChI is InChI=1S/C19H22N4O2S/c1-3-4-16-5-7-18(8-6-16)26(24,25)22-14-17-9-10-21-19(13-17)23-12-11-20-15(23)2/h5-13,22H,3-4,14H2,1-2H3. The number of rotatable bonds is 7. The summed E-state index contributed by atoms with van der Waals surface area (Å²) in [5, 5.41) is 0. The topological polar surface area (TPSA) is 76.9 Å². The Morgan fingerprint density at radius 1 is 1.04 bits per heavy atom. The molecule has 0 amide bonds. The van der Waals surface area contributed by atoms with E-state index in [0.29, 0.717) is 5.82 Å². The van der Waals surface area contributed by atoms with Crippen molar-refractivity contribution in [3.8, 4) is 5.82 Å². The molecular weight excluding hydrogens is 348 g/mol. The van der Waals surface area contributed by atoms with Crippen LogP contribution >= 0.6 is 0 Å². The highest BCUT2D eigenvalue weighted by molar-refractivity contribution is 7.89. The van der Waals surface area contributed by atoms with Crippen molar-refractivity contribution >= 4 is 10.0 Å². The molecule has 136 valence electrons. The molecule has 7 heteroatoms. The van der Waals surface area contributed by atoms with Gasteiger partial charge in [-0.15, -0.1) is 0 Å². The Bertz CT molecular complexity index is 979. The quantitative estimate of drug-likeness (QED) is 0.694. The van der Waals surface area contributed by atoms with E-state index in [1.54, 1.807) is 30.6 Å². The zero-order valence-corrected chi connectivity index (χ0v) is 15.7. The van der Waals surface area contributed by atoms with Crippen LogP contribution in [0.3, 0.4) is 0 Å². The van der Waals surface area contributed by atoms with Crippen LogP contribution in [0.5, 0.6) is 0 Å². The Morgan fingerprint density at radius 2 is 1.81 bits per heavy atom. The molecule has 0 aliphatic carbocycles. The molecule has 0 saturated carbocycles. The van der Waals surface area contributed by atoms with Crippen molar-refractivity contribution in [2.45, 2.75) is 38.1 Å². The molecule has 0 atom stereocenters. The number of hydrogen-bond donors (Lipinski definition) is 1. The number of sulfonamides is 1. The number of pyridine rings is 1. The van der Waals surface area contributed by atoms with E-state index in [1.165, 1.54) is 0 Å². The average molecular weight is 370 g/mol. The van der Waals surface area contributed by atoms with Crippen molar-refractivity contribution in [2.75, 3.05) is 0 Å². The van der Waals surface area contributed by atoms with E-state index < -0.39 is 10.0 Å². The Morgan fingerprint density at radius 3 is 2.46 bits per heavy atom. The first kappa shape index (κ1) is 18.3. The summed E-state index contributed by atoms with van der Waals surface area (Å²) in [4.78, 5) is 8.77. The lowest BCUT2D eigenvalue weighted by molar-refractivity contribution is 0.581. The fourth-order valence-corrected chi connectivity index (χ4v) is 3.73. The predicted molar refractivity (Wildman–Crippen MR) is 101 cm³/mol. The van der Waals surface area contributed by atoms with Gasteiger partial charge in [0.1, 0.15) is 11.6 Å². The third kappa shape index (κ3) is 4.17. The molecule has 0 saturated heterocycles. The van der Waals surface area contributed by atoms with Crippen LogP contribution in [-0.2, 0) is 23.0 Å². The van der Waals surface area contributed by atoms with Crippen LogP contribution in [-0.4, -0.2) is 23.0 Å². The van der Waals surface area contributed by atoms with E-state index in [4.69, 9.17) is 0 Å².